The van der Waals surface area contributed by atoms with Gasteiger partial charge in [0.1, 0.15) is 0 Å². The first-order valence-corrected chi connectivity index (χ1v) is 4.51. The van der Waals surface area contributed by atoms with Gasteiger partial charge in [-0.3, -0.25) is 4.79 Å². The van der Waals surface area contributed by atoms with Gasteiger partial charge < -0.3 is 16.1 Å². The minimum Gasteiger partial charge on any atom is -0.361 e. The van der Waals surface area contributed by atoms with Crippen molar-refractivity contribution in [2.24, 2.45) is 5.84 Å². The number of amides is 1. The van der Waals surface area contributed by atoms with E-state index in [1.54, 1.807) is 0 Å². The topological polar surface area (TPSA) is 79.2 Å². The number of hydrazine groups is 1. The molecule has 13 heavy (non-hydrogen) atoms. The molecule has 0 bridgehead atoms. The van der Waals surface area contributed by atoms with Crippen molar-refractivity contribution in [1.82, 2.24) is 16.1 Å². The van der Waals surface area contributed by atoms with Crippen LogP contribution in [-0.2, 0) is 4.79 Å². The summed E-state index contributed by atoms with van der Waals surface area (Å²) in [6, 6.07) is 0.173. The summed E-state index contributed by atoms with van der Waals surface area (Å²) < 4.78 is 0. The first-order valence-electron chi connectivity index (χ1n) is 4.10. The van der Waals surface area contributed by atoms with Crippen LogP contribution in [0.1, 0.15) is 20.3 Å². The van der Waals surface area contributed by atoms with E-state index in [0.717, 1.165) is 0 Å². The lowest BCUT2D eigenvalue weighted by molar-refractivity contribution is -0.121. The maximum atomic E-state index is 11.1. The van der Waals surface area contributed by atoms with Crippen molar-refractivity contribution in [2.75, 3.05) is 6.54 Å². The van der Waals surface area contributed by atoms with E-state index in [0.29, 0.717) is 18.1 Å². The molecule has 0 rings (SSSR count). The SMILES string of the molecule is CC(C)NC(=O)CCNC(=S)NN. The molecule has 5 N–H and O–H groups in total. The van der Waals surface area contributed by atoms with Crippen LogP contribution in [0.5, 0.6) is 0 Å². The third-order valence-corrected chi connectivity index (χ3v) is 1.48. The normalized spacial score (nSPS) is 9.54. The fourth-order valence-corrected chi connectivity index (χ4v) is 0.837. The molecule has 0 saturated heterocycles. The number of thiocarbonyl (C=S) groups is 1. The Morgan fingerprint density at radius 2 is 2.15 bits per heavy atom. The lowest BCUT2D eigenvalue weighted by atomic mass is 10.3. The van der Waals surface area contributed by atoms with Crippen LogP contribution < -0.4 is 21.9 Å². The van der Waals surface area contributed by atoms with Gasteiger partial charge in [-0.25, -0.2) is 5.84 Å². The number of hydrogen-bond acceptors (Lipinski definition) is 3. The molecule has 0 aromatic carbocycles. The molecular formula is C7H16N4OS. The van der Waals surface area contributed by atoms with E-state index in [1.165, 1.54) is 0 Å². The summed E-state index contributed by atoms with van der Waals surface area (Å²) in [5, 5.41) is 5.88. The van der Waals surface area contributed by atoms with Crippen molar-refractivity contribution in [3.05, 3.63) is 0 Å². The largest absolute Gasteiger partial charge is 0.361 e. The quantitative estimate of drug-likeness (QED) is 0.275. The molecule has 0 aliphatic carbocycles. The van der Waals surface area contributed by atoms with Gasteiger partial charge in [-0.2, -0.15) is 0 Å². The van der Waals surface area contributed by atoms with Crippen LogP contribution in [0.4, 0.5) is 0 Å². The fourth-order valence-electron chi connectivity index (χ4n) is 0.735. The van der Waals surface area contributed by atoms with E-state index in [-0.39, 0.29) is 11.9 Å². The van der Waals surface area contributed by atoms with E-state index in [1.807, 2.05) is 13.8 Å². The zero-order valence-corrected chi connectivity index (χ0v) is 8.70. The average Bonchev–Trinajstić information content (AvgIpc) is 2.02. The van der Waals surface area contributed by atoms with Crippen molar-refractivity contribution in [2.45, 2.75) is 26.3 Å². The van der Waals surface area contributed by atoms with E-state index >= 15 is 0 Å². The lowest BCUT2D eigenvalue weighted by Gasteiger charge is -2.09. The van der Waals surface area contributed by atoms with Crippen LogP contribution in [0.3, 0.4) is 0 Å². The Morgan fingerprint density at radius 3 is 2.62 bits per heavy atom. The Labute approximate surface area is 83.4 Å². The third kappa shape index (κ3) is 7.48. The first-order chi connectivity index (χ1) is 6.06. The summed E-state index contributed by atoms with van der Waals surface area (Å²) in [5.41, 5.74) is 2.27. The Bertz CT molecular complexity index is 183. The van der Waals surface area contributed by atoms with Crippen LogP contribution >= 0.6 is 12.2 Å². The van der Waals surface area contributed by atoms with E-state index in [9.17, 15) is 4.79 Å². The maximum absolute atomic E-state index is 11.1. The third-order valence-electron chi connectivity index (χ3n) is 1.22. The molecule has 0 radical (unpaired) electrons. The van der Waals surface area contributed by atoms with Crippen LogP contribution in [0.25, 0.3) is 0 Å². The van der Waals surface area contributed by atoms with Crippen LogP contribution in [0, 0.1) is 0 Å². The number of nitrogens with two attached hydrogens (primary N) is 1. The van der Waals surface area contributed by atoms with Crippen molar-refractivity contribution in [3.63, 3.8) is 0 Å². The molecule has 0 spiro atoms. The minimum absolute atomic E-state index is 0.00215. The molecule has 1 amide bonds. The molecule has 0 aromatic heterocycles. The molecule has 0 fully saturated rings. The van der Waals surface area contributed by atoms with Crippen LogP contribution in [-0.4, -0.2) is 23.6 Å². The maximum Gasteiger partial charge on any atom is 0.221 e. The number of carbonyl (C=O) groups is 1. The van der Waals surface area contributed by atoms with Gasteiger partial charge in [0.15, 0.2) is 5.11 Å². The highest BCUT2D eigenvalue weighted by Crippen LogP contribution is 1.81. The molecule has 76 valence electrons. The molecule has 0 aromatic rings. The van der Waals surface area contributed by atoms with Gasteiger partial charge in [0, 0.05) is 19.0 Å². The Hall–Kier alpha value is -0.880. The van der Waals surface area contributed by atoms with E-state index in [2.05, 4.69) is 16.1 Å². The molecule has 0 saturated carbocycles. The fraction of sp³-hybridized carbons (Fsp3) is 0.714. The van der Waals surface area contributed by atoms with Crippen molar-refractivity contribution in [3.8, 4) is 0 Å². The Kier molecular flexibility index (Phi) is 6.17. The number of hydrogen-bond donors (Lipinski definition) is 4. The first kappa shape index (κ1) is 12.1. The average molecular weight is 204 g/mol. The van der Waals surface area contributed by atoms with Gasteiger partial charge in [-0.05, 0) is 26.1 Å². The smallest absolute Gasteiger partial charge is 0.221 e. The molecule has 0 unspecified atom stereocenters. The summed E-state index contributed by atoms with van der Waals surface area (Å²) in [4.78, 5) is 11.1. The van der Waals surface area contributed by atoms with Gasteiger partial charge in [-0.1, -0.05) is 0 Å². The Morgan fingerprint density at radius 1 is 1.54 bits per heavy atom. The van der Waals surface area contributed by atoms with Gasteiger partial charge in [-0.15, -0.1) is 0 Å². The number of nitrogens with one attached hydrogen (secondary N) is 3. The Balaban J connectivity index is 3.42. The second-order valence-corrected chi connectivity index (χ2v) is 3.28. The minimum atomic E-state index is 0.00215. The zero-order chi connectivity index (χ0) is 10.3. The van der Waals surface area contributed by atoms with Gasteiger partial charge in [0.25, 0.3) is 0 Å². The molecule has 0 heterocycles. The molecule has 0 aliphatic heterocycles. The number of carbonyl (C=O) groups excluding carboxylic acids is 1. The van der Waals surface area contributed by atoms with E-state index in [4.69, 9.17) is 18.1 Å². The summed E-state index contributed by atoms with van der Waals surface area (Å²) in [7, 11) is 0. The highest BCUT2D eigenvalue weighted by atomic mass is 32.1. The standard InChI is InChI=1S/C7H16N4OS/c1-5(2)10-6(12)3-4-9-7(13)11-8/h5H,3-4,8H2,1-2H3,(H,10,12)(H2,9,11,13). The van der Waals surface area contributed by atoms with Crippen molar-refractivity contribution < 1.29 is 4.79 Å². The predicted molar refractivity (Wildman–Crippen MR) is 55.8 cm³/mol. The van der Waals surface area contributed by atoms with Crippen molar-refractivity contribution in [1.29, 1.82) is 0 Å². The summed E-state index contributed by atoms with van der Waals surface area (Å²) >= 11 is 4.72. The van der Waals surface area contributed by atoms with Gasteiger partial charge in [0.2, 0.25) is 5.91 Å². The molecular weight excluding hydrogens is 188 g/mol. The highest BCUT2D eigenvalue weighted by molar-refractivity contribution is 7.80. The predicted octanol–water partition coefficient (Wildman–Crippen LogP) is -0.761. The summed E-state index contributed by atoms with van der Waals surface area (Å²) in [6.07, 6.45) is 0.389. The molecule has 0 atom stereocenters. The second kappa shape index (κ2) is 6.62. The van der Waals surface area contributed by atoms with Gasteiger partial charge in [0.05, 0.1) is 0 Å². The molecule has 5 nitrogen and oxygen atoms in total. The van der Waals surface area contributed by atoms with Crippen LogP contribution in [0.2, 0.25) is 0 Å². The van der Waals surface area contributed by atoms with Crippen molar-refractivity contribution >= 4 is 23.2 Å². The second-order valence-electron chi connectivity index (χ2n) is 2.87. The van der Waals surface area contributed by atoms with E-state index < -0.39 is 0 Å². The highest BCUT2D eigenvalue weighted by Gasteiger charge is 2.02. The monoisotopic (exact) mass is 204 g/mol. The number of rotatable bonds is 4. The summed E-state index contributed by atoms with van der Waals surface area (Å²) in [6.45, 7) is 4.32. The molecule has 6 heteroatoms. The summed E-state index contributed by atoms with van der Waals surface area (Å²) in [5.74, 6) is 5.02. The lowest BCUT2D eigenvalue weighted by Crippen LogP contribution is -2.41. The molecule has 0 aliphatic rings. The zero-order valence-electron chi connectivity index (χ0n) is 7.89. The van der Waals surface area contributed by atoms with Crippen LogP contribution in [0.15, 0.2) is 0 Å². The van der Waals surface area contributed by atoms with Gasteiger partial charge >= 0.3 is 0 Å².